The second-order valence-electron chi connectivity index (χ2n) is 7.50. The molecular weight excluding hydrogens is 351 g/mol. The van der Waals surface area contributed by atoms with Gasteiger partial charge in [0.05, 0.1) is 10.9 Å². The lowest BCUT2D eigenvalue weighted by Crippen LogP contribution is -2.41. The van der Waals surface area contributed by atoms with E-state index in [-0.39, 0.29) is 17.7 Å². The molecule has 1 N–H and O–H groups in total. The standard InChI is InChI=1S/C19H23FN4OS/c1-11-7-12(2)10-23(9-11)16(14-5-4-6-15(20)8-14)17-18(25)24-19(26-17)21-13(3)22-24/h4-6,8,11-12,16,25H,7,9-10H2,1-3H3/t11-,12+,16-/m0/s1. The molecule has 1 aromatic carbocycles. The number of aromatic nitrogens is 3. The Morgan fingerprint density at radius 3 is 2.65 bits per heavy atom. The maximum absolute atomic E-state index is 14.0. The Morgan fingerprint density at radius 1 is 1.27 bits per heavy atom. The molecule has 1 saturated heterocycles. The van der Waals surface area contributed by atoms with E-state index in [1.165, 1.54) is 28.3 Å². The number of benzene rings is 1. The van der Waals surface area contributed by atoms with Crippen LogP contribution in [0, 0.1) is 24.6 Å². The molecule has 0 unspecified atom stereocenters. The first kappa shape index (κ1) is 17.4. The van der Waals surface area contributed by atoms with Gasteiger partial charge < -0.3 is 5.11 Å². The lowest BCUT2D eigenvalue weighted by Gasteiger charge is -2.40. The van der Waals surface area contributed by atoms with Crippen LogP contribution < -0.4 is 0 Å². The molecule has 2 aromatic heterocycles. The van der Waals surface area contributed by atoms with Crippen molar-refractivity contribution in [1.82, 2.24) is 19.5 Å². The molecule has 7 heteroatoms. The van der Waals surface area contributed by atoms with Crippen LogP contribution in [-0.4, -0.2) is 37.7 Å². The number of thiazole rings is 1. The van der Waals surface area contributed by atoms with Crippen LogP contribution in [0.25, 0.3) is 4.96 Å². The maximum Gasteiger partial charge on any atom is 0.230 e. The van der Waals surface area contributed by atoms with E-state index in [0.29, 0.717) is 22.6 Å². The second kappa shape index (κ2) is 6.63. The van der Waals surface area contributed by atoms with Crippen LogP contribution in [0.1, 0.15) is 42.6 Å². The topological polar surface area (TPSA) is 53.7 Å². The molecule has 0 amide bonds. The van der Waals surface area contributed by atoms with Gasteiger partial charge in [0.2, 0.25) is 10.8 Å². The van der Waals surface area contributed by atoms with E-state index in [9.17, 15) is 9.50 Å². The van der Waals surface area contributed by atoms with Gasteiger partial charge in [0.25, 0.3) is 0 Å². The number of fused-ring (bicyclic) bond motifs is 1. The van der Waals surface area contributed by atoms with Crippen LogP contribution in [-0.2, 0) is 0 Å². The highest BCUT2D eigenvalue weighted by atomic mass is 32.1. The molecule has 26 heavy (non-hydrogen) atoms. The molecular formula is C19H23FN4OS. The number of aryl methyl sites for hydroxylation is 1. The molecule has 0 bridgehead atoms. The maximum atomic E-state index is 14.0. The third-order valence-corrected chi connectivity index (χ3v) is 6.05. The Bertz CT molecular complexity index is 927. The minimum absolute atomic E-state index is 0.103. The first-order chi connectivity index (χ1) is 12.4. The third-order valence-electron chi connectivity index (χ3n) is 4.98. The molecule has 138 valence electrons. The fourth-order valence-corrected chi connectivity index (χ4v) is 5.32. The van der Waals surface area contributed by atoms with Crippen LogP contribution in [0.4, 0.5) is 4.39 Å². The lowest BCUT2D eigenvalue weighted by molar-refractivity contribution is 0.111. The minimum Gasteiger partial charge on any atom is -0.492 e. The Morgan fingerprint density at radius 2 is 2.00 bits per heavy atom. The van der Waals surface area contributed by atoms with E-state index in [1.54, 1.807) is 19.1 Å². The van der Waals surface area contributed by atoms with Crippen LogP contribution in [0.15, 0.2) is 24.3 Å². The molecule has 3 heterocycles. The second-order valence-corrected chi connectivity index (χ2v) is 8.51. The van der Waals surface area contributed by atoms with Gasteiger partial charge in [-0.3, -0.25) is 4.90 Å². The number of rotatable bonds is 3. The van der Waals surface area contributed by atoms with Gasteiger partial charge in [-0.15, -0.1) is 5.10 Å². The summed E-state index contributed by atoms with van der Waals surface area (Å²) in [5, 5.41) is 15.1. The minimum atomic E-state index is -0.264. The average Bonchev–Trinajstić information content (AvgIpc) is 3.05. The molecule has 0 radical (unpaired) electrons. The van der Waals surface area contributed by atoms with Gasteiger partial charge in [0, 0.05) is 13.1 Å². The SMILES string of the molecule is Cc1nc2sc([C@H](c3cccc(F)c3)N3C[C@H](C)C[C@H](C)C3)c(O)n2n1. The quantitative estimate of drug-likeness (QED) is 0.753. The van der Waals surface area contributed by atoms with Crippen molar-refractivity contribution in [3.63, 3.8) is 0 Å². The van der Waals surface area contributed by atoms with Crippen molar-refractivity contribution in [2.45, 2.75) is 33.2 Å². The molecule has 4 rings (SSSR count). The van der Waals surface area contributed by atoms with E-state index in [1.807, 2.05) is 6.07 Å². The van der Waals surface area contributed by atoms with Crippen LogP contribution in [0.2, 0.25) is 0 Å². The van der Waals surface area contributed by atoms with E-state index >= 15 is 0 Å². The summed E-state index contributed by atoms with van der Waals surface area (Å²) in [4.78, 5) is 8.17. The van der Waals surface area contributed by atoms with Crippen molar-refractivity contribution in [1.29, 1.82) is 0 Å². The van der Waals surface area contributed by atoms with Crippen LogP contribution >= 0.6 is 11.3 Å². The first-order valence-electron chi connectivity index (χ1n) is 8.97. The molecule has 5 nitrogen and oxygen atoms in total. The molecule has 3 aromatic rings. The number of piperidine rings is 1. The van der Waals surface area contributed by atoms with Gasteiger partial charge in [0.1, 0.15) is 11.6 Å². The number of hydrogen-bond acceptors (Lipinski definition) is 5. The van der Waals surface area contributed by atoms with Crippen molar-refractivity contribution in [2.75, 3.05) is 13.1 Å². The fraction of sp³-hybridized carbons (Fsp3) is 0.474. The van der Waals surface area contributed by atoms with E-state index in [4.69, 9.17) is 0 Å². The Balaban J connectivity index is 1.84. The Hall–Kier alpha value is -1.99. The number of hydrogen-bond donors (Lipinski definition) is 1. The average molecular weight is 374 g/mol. The third kappa shape index (κ3) is 3.10. The highest BCUT2D eigenvalue weighted by Gasteiger charge is 2.33. The normalized spacial score (nSPS) is 22.8. The summed E-state index contributed by atoms with van der Waals surface area (Å²) in [7, 11) is 0. The summed E-state index contributed by atoms with van der Waals surface area (Å²) in [6.45, 7) is 8.13. The molecule has 0 saturated carbocycles. The molecule has 1 fully saturated rings. The van der Waals surface area contributed by atoms with Gasteiger partial charge in [-0.25, -0.2) is 9.37 Å². The summed E-state index contributed by atoms with van der Waals surface area (Å²) < 4.78 is 15.4. The van der Waals surface area contributed by atoms with Gasteiger partial charge in [-0.05, 0) is 42.9 Å². The van der Waals surface area contributed by atoms with Gasteiger partial charge in [0.15, 0.2) is 0 Å². The monoisotopic (exact) mass is 374 g/mol. The summed E-state index contributed by atoms with van der Waals surface area (Å²) in [5.41, 5.74) is 0.850. The van der Waals surface area contributed by atoms with Crippen LogP contribution in [0.5, 0.6) is 5.88 Å². The number of aromatic hydroxyl groups is 1. The Kier molecular flexibility index (Phi) is 4.44. The summed E-state index contributed by atoms with van der Waals surface area (Å²) >= 11 is 1.42. The van der Waals surface area contributed by atoms with Gasteiger partial charge in [-0.2, -0.15) is 4.52 Å². The van der Waals surface area contributed by atoms with E-state index in [2.05, 4.69) is 28.8 Å². The first-order valence-corrected chi connectivity index (χ1v) is 9.78. The van der Waals surface area contributed by atoms with Crippen molar-refractivity contribution < 1.29 is 9.50 Å². The molecule has 0 aliphatic carbocycles. The fourth-order valence-electron chi connectivity index (χ4n) is 4.15. The number of nitrogens with zero attached hydrogens (tertiary/aromatic N) is 4. The molecule has 1 aliphatic heterocycles. The van der Waals surface area contributed by atoms with Crippen molar-refractivity contribution in [2.24, 2.45) is 11.8 Å². The van der Waals surface area contributed by atoms with Crippen LogP contribution in [0.3, 0.4) is 0 Å². The molecule has 1 aliphatic rings. The highest BCUT2D eigenvalue weighted by molar-refractivity contribution is 7.17. The Labute approximate surface area is 156 Å². The largest absolute Gasteiger partial charge is 0.492 e. The van der Waals surface area contributed by atoms with Gasteiger partial charge in [-0.1, -0.05) is 37.3 Å². The van der Waals surface area contributed by atoms with Crippen molar-refractivity contribution in [3.05, 3.63) is 46.3 Å². The zero-order chi connectivity index (χ0) is 18.4. The predicted molar refractivity (Wildman–Crippen MR) is 100 cm³/mol. The summed E-state index contributed by atoms with van der Waals surface area (Å²) in [6.07, 6.45) is 1.19. The predicted octanol–water partition coefficient (Wildman–Crippen LogP) is 4.01. The number of likely N-dealkylation sites (tertiary alicyclic amines) is 1. The van der Waals surface area contributed by atoms with E-state index < -0.39 is 0 Å². The summed E-state index contributed by atoms with van der Waals surface area (Å²) in [6, 6.07) is 6.47. The highest BCUT2D eigenvalue weighted by Crippen LogP contribution is 2.42. The molecule has 0 spiro atoms. The van der Waals surface area contributed by atoms with E-state index in [0.717, 1.165) is 23.5 Å². The zero-order valence-electron chi connectivity index (χ0n) is 15.2. The smallest absolute Gasteiger partial charge is 0.230 e. The van der Waals surface area contributed by atoms with Gasteiger partial charge >= 0.3 is 0 Å². The number of halogens is 1. The zero-order valence-corrected chi connectivity index (χ0v) is 16.0. The van der Waals surface area contributed by atoms with Crippen molar-refractivity contribution >= 4 is 16.3 Å². The lowest BCUT2D eigenvalue weighted by atomic mass is 9.89. The molecule has 3 atom stereocenters. The summed E-state index contributed by atoms with van der Waals surface area (Å²) in [5.74, 6) is 1.58. The van der Waals surface area contributed by atoms with Crippen molar-refractivity contribution in [3.8, 4) is 5.88 Å².